The predicted octanol–water partition coefficient (Wildman–Crippen LogP) is 1.71. The van der Waals surface area contributed by atoms with Gasteiger partial charge in [0, 0.05) is 5.39 Å². The number of pyridine rings is 1. The predicted molar refractivity (Wildman–Crippen MR) is 64.9 cm³/mol. The molecule has 0 amide bonds. The zero-order valence-electron chi connectivity index (χ0n) is 8.91. The van der Waals surface area contributed by atoms with Gasteiger partial charge in [-0.05, 0) is 30.3 Å². The van der Waals surface area contributed by atoms with E-state index in [0.717, 1.165) is 16.7 Å². The van der Waals surface area contributed by atoms with Crippen molar-refractivity contribution >= 4 is 16.7 Å². The molecule has 3 rings (SSSR count). The Bertz CT molecular complexity index is 673. The van der Waals surface area contributed by atoms with Crippen molar-refractivity contribution in [3.63, 3.8) is 0 Å². The molecule has 5 nitrogen and oxygen atoms in total. The second-order valence-electron chi connectivity index (χ2n) is 3.75. The topological polar surface area (TPSA) is 77.0 Å². The van der Waals surface area contributed by atoms with E-state index in [4.69, 9.17) is 5.73 Å². The monoisotopic (exact) mass is 226 g/mol. The van der Waals surface area contributed by atoms with Crippen LogP contribution in [0.3, 0.4) is 0 Å². The fourth-order valence-electron chi connectivity index (χ4n) is 1.72. The molecule has 0 atom stereocenters. The largest absolute Gasteiger partial charge is 0.508 e. The number of aromatic nitrogens is 3. The van der Waals surface area contributed by atoms with Gasteiger partial charge in [0.25, 0.3) is 0 Å². The van der Waals surface area contributed by atoms with Gasteiger partial charge in [-0.2, -0.15) is 5.10 Å². The number of hydrogen-bond donors (Lipinski definition) is 2. The maximum absolute atomic E-state index is 9.24. The Labute approximate surface area is 97.1 Å². The maximum Gasteiger partial charge on any atom is 0.163 e. The number of hydrogen-bond acceptors (Lipinski definition) is 4. The number of anilines is 1. The zero-order valence-corrected chi connectivity index (χ0v) is 8.91. The first kappa shape index (κ1) is 9.65. The summed E-state index contributed by atoms with van der Waals surface area (Å²) in [7, 11) is 0. The molecule has 0 spiro atoms. The van der Waals surface area contributed by atoms with Crippen molar-refractivity contribution in [1.82, 2.24) is 14.8 Å². The lowest BCUT2D eigenvalue weighted by molar-refractivity contribution is 0.475. The van der Waals surface area contributed by atoms with Crippen LogP contribution in [0.2, 0.25) is 0 Å². The van der Waals surface area contributed by atoms with E-state index < -0.39 is 0 Å². The molecular formula is C12H10N4O. The molecule has 2 heterocycles. The van der Waals surface area contributed by atoms with E-state index in [2.05, 4.69) is 10.1 Å². The van der Waals surface area contributed by atoms with Crippen molar-refractivity contribution < 1.29 is 5.11 Å². The van der Waals surface area contributed by atoms with E-state index in [-0.39, 0.29) is 5.75 Å². The number of phenols is 1. The summed E-state index contributed by atoms with van der Waals surface area (Å²) >= 11 is 0. The molecule has 17 heavy (non-hydrogen) atoms. The Hall–Kier alpha value is -2.56. The lowest BCUT2D eigenvalue weighted by atomic mass is 10.3. The van der Waals surface area contributed by atoms with Gasteiger partial charge < -0.3 is 10.8 Å². The zero-order chi connectivity index (χ0) is 11.8. The van der Waals surface area contributed by atoms with Crippen LogP contribution in [0.4, 0.5) is 5.69 Å². The standard InChI is InChI=1S/C12H10N4O/c13-9-5-8-6-15-16(12(8)14-7-9)10-1-3-11(17)4-2-10/h1-7,17H,13H2. The lowest BCUT2D eigenvalue weighted by Crippen LogP contribution is -1.97. The number of aromatic hydroxyl groups is 1. The van der Waals surface area contributed by atoms with Crippen LogP contribution in [0.25, 0.3) is 16.7 Å². The molecule has 0 saturated carbocycles. The quantitative estimate of drug-likeness (QED) is 0.662. The average Bonchev–Trinajstić information content (AvgIpc) is 2.73. The molecule has 84 valence electrons. The molecule has 3 aromatic rings. The second-order valence-corrected chi connectivity index (χ2v) is 3.75. The summed E-state index contributed by atoms with van der Waals surface area (Å²) in [6, 6.07) is 8.60. The molecule has 0 aliphatic rings. The smallest absolute Gasteiger partial charge is 0.163 e. The highest BCUT2D eigenvalue weighted by Gasteiger charge is 2.06. The first-order valence-corrected chi connectivity index (χ1v) is 5.13. The van der Waals surface area contributed by atoms with Crippen LogP contribution in [-0.4, -0.2) is 19.9 Å². The Morgan fingerprint density at radius 3 is 2.65 bits per heavy atom. The molecule has 1 aromatic carbocycles. The van der Waals surface area contributed by atoms with Gasteiger partial charge in [0.15, 0.2) is 5.65 Å². The Morgan fingerprint density at radius 2 is 1.88 bits per heavy atom. The summed E-state index contributed by atoms with van der Waals surface area (Å²) in [5.74, 6) is 0.224. The van der Waals surface area contributed by atoms with Crippen LogP contribution in [0.5, 0.6) is 5.75 Å². The molecule has 3 N–H and O–H groups in total. The number of nitrogens with zero attached hydrogens (tertiary/aromatic N) is 3. The highest BCUT2D eigenvalue weighted by Crippen LogP contribution is 2.19. The third kappa shape index (κ3) is 1.57. The molecule has 0 radical (unpaired) electrons. The molecule has 0 aliphatic carbocycles. The molecule has 0 bridgehead atoms. The summed E-state index contributed by atoms with van der Waals surface area (Å²) in [4.78, 5) is 4.25. The van der Waals surface area contributed by atoms with Crippen LogP contribution in [0.15, 0.2) is 42.7 Å². The third-order valence-electron chi connectivity index (χ3n) is 2.52. The first-order valence-electron chi connectivity index (χ1n) is 5.13. The molecule has 0 fully saturated rings. The summed E-state index contributed by atoms with van der Waals surface area (Å²) in [5, 5.41) is 14.4. The van der Waals surface area contributed by atoms with E-state index in [1.54, 1.807) is 41.3 Å². The minimum Gasteiger partial charge on any atom is -0.508 e. The van der Waals surface area contributed by atoms with Crippen LogP contribution in [-0.2, 0) is 0 Å². The van der Waals surface area contributed by atoms with Crippen LogP contribution in [0, 0.1) is 0 Å². The van der Waals surface area contributed by atoms with Gasteiger partial charge in [-0.1, -0.05) is 0 Å². The number of nitrogens with two attached hydrogens (primary N) is 1. The Kier molecular flexibility index (Phi) is 1.98. The van der Waals surface area contributed by atoms with Crippen molar-refractivity contribution in [3.8, 4) is 11.4 Å². The molecule has 2 aromatic heterocycles. The van der Waals surface area contributed by atoms with Gasteiger partial charge in [-0.25, -0.2) is 9.67 Å². The molecular weight excluding hydrogens is 216 g/mol. The van der Waals surface area contributed by atoms with Crippen molar-refractivity contribution in [2.75, 3.05) is 5.73 Å². The minimum absolute atomic E-state index is 0.224. The fourth-order valence-corrected chi connectivity index (χ4v) is 1.72. The first-order chi connectivity index (χ1) is 8.24. The van der Waals surface area contributed by atoms with Crippen molar-refractivity contribution in [2.45, 2.75) is 0 Å². The van der Waals surface area contributed by atoms with Crippen molar-refractivity contribution in [1.29, 1.82) is 0 Å². The van der Waals surface area contributed by atoms with Crippen LogP contribution >= 0.6 is 0 Å². The van der Waals surface area contributed by atoms with Crippen LogP contribution in [0.1, 0.15) is 0 Å². The number of nitrogen functional groups attached to an aromatic ring is 1. The summed E-state index contributed by atoms with van der Waals surface area (Å²) in [6.45, 7) is 0. The van der Waals surface area contributed by atoms with Crippen LogP contribution < -0.4 is 5.73 Å². The van der Waals surface area contributed by atoms with Gasteiger partial charge in [-0.15, -0.1) is 0 Å². The maximum atomic E-state index is 9.24. The fraction of sp³-hybridized carbons (Fsp3) is 0. The van der Waals surface area contributed by atoms with E-state index in [1.807, 2.05) is 6.07 Å². The van der Waals surface area contributed by atoms with Crippen molar-refractivity contribution in [2.24, 2.45) is 0 Å². The van der Waals surface area contributed by atoms with E-state index in [9.17, 15) is 5.11 Å². The summed E-state index contributed by atoms with van der Waals surface area (Å²) < 4.78 is 1.70. The Balaban J connectivity index is 2.21. The molecule has 0 saturated heterocycles. The number of phenolic OH excluding ortho intramolecular Hbond substituents is 1. The number of benzene rings is 1. The van der Waals surface area contributed by atoms with E-state index in [1.165, 1.54) is 0 Å². The third-order valence-corrected chi connectivity index (χ3v) is 2.52. The number of rotatable bonds is 1. The highest BCUT2D eigenvalue weighted by atomic mass is 16.3. The van der Waals surface area contributed by atoms with Gasteiger partial charge in [0.1, 0.15) is 5.75 Å². The average molecular weight is 226 g/mol. The van der Waals surface area contributed by atoms with Gasteiger partial charge in [0.2, 0.25) is 0 Å². The highest BCUT2D eigenvalue weighted by molar-refractivity contribution is 5.79. The summed E-state index contributed by atoms with van der Waals surface area (Å²) in [5.41, 5.74) is 7.86. The van der Waals surface area contributed by atoms with Gasteiger partial charge in [0.05, 0.1) is 23.8 Å². The SMILES string of the molecule is Nc1cnc2c(cnn2-c2ccc(O)cc2)c1. The lowest BCUT2D eigenvalue weighted by Gasteiger charge is -2.02. The van der Waals surface area contributed by atoms with Gasteiger partial charge >= 0.3 is 0 Å². The summed E-state index contributed by atoms with van der Waals surface area (Å²) in [6.07, 6.45) is 3.31. The van der Waals surface area contributed by atoms with E-state index in [0.29, 0.717) is 5.69 Å². The number of fused-ring (bicyclic) bond motifs is 1. The molecule has 0 unspecified atom stereocenters. The van der Waals surface area contributed by atoms with E-state index >= 15 is 0 Å². The molecule has 0 aliphatic heterocycles. The molecule has 5 heteroatoms. The second kappa shape index (κ2) is 3.48. The Morgan fingerprint density at radius 1 is 1.12 bits per heavy atom. The van der Waals surface area contributed by atoms with Gasteiger partial charge in [-0.3, -0.25) is 0 Å². The van der Waals surface area contributed by atoms with Crippen molar-refractivity contribution in [3.05, 3.63) is 42.7 Å². The minimum atomic E-state index is 0.224. The normalized spacial score (nSPS) is 10.8.